The Balaban J connectivity index is 1.88. The van der Waals surface area contributed by atoms with Crippen molar-refractivity contribution in [3.8, 4) is 17.2 Å². The largest absolute Gasteiger partial charge is 0.496 e. The molecule has 0 atom stereocenters. The molecule has 0 aliphatic rings. The van der Waals surface area contributed by atoms with E-state index in [4.69, 9.17) is 9.47 Å². The minimum atomic E-state index is 0.655. The Morgan fingerprint density at radius 3 is 1.92 bits per heavy atom. The molecule has 4 aromatic rings. The quantitative estimate of drug-likeness (QED) is 0.457. The third-order valence-electron chi connectivity index (χ3n) is 4.33. The van der Waals surface area contributed by atoms with Gasteiger partial charge in [0.2, 0.25) is 0 Å². The minimum absolute atomic E-state index is 0.655. The first kappa shape index (κ1) is 15.2. The molecule has 0 heterocycles. The van der Waals surface area contributed by atoms with Gasteiger partial charge in [0.1, 0.15) is 17.2 Å². The molecule has 0 aromatic heterocycles. The van der Waals surface area contributed by atoms with Crippen LogP contribution in [-0.4, -0.2) is 13.4 Å². The molecule has 0 amide bonds. The molecular weight excluding hydrogens is 312 g/mol. The van der Waals surface area contributed by atoms with Crippen LogP contribution in [-0.2, 0) is 0 Å². The van der Waals surface area contributed by atoms with E-state index in [2.05, 4.69) is 0 Å². The van der Waals surface area contributed by atoms with Gasteiger partial charge in [-0.2, -0.15) is 0 Å². The van der Waals surface area contributed by atoms with Crippen LogP contribution in [0.2, 0.25) is 0 Å². The third kappa shape index (κ3) is 2.60. The molecule has 0 aliphatic carbocycles. The van der Waals surface area contributed by atoms with Gasteiger partial charge in [0.15, 0.2) is 6.29 Å². The molecule has 0 fully saturated rings. The lowest BCUT2D eigenvalue weighted by molar-refractivity contribution is 0.112. The third-order valence-corrected chi connectivity index (χ3v) is 4.33. The summed E-state index contributed by atoms with van der Waals surface area (Å²) < 4.78 is 11.7. The number of carbonyl (C=O) groups is 1. The van der Waals surface area contributed by atoms with Gasteiger partial charge in [-0.05, 0) is 29.7 Å². The maximum absolute atomic E-state index is 11.3. The Morgan fingerprint density at radius 1 is 0.640 bits per heavy atom. The topological polar surface area (TPSA) is 35.5 Å². The van der Waals surface area contributed by atoms with Crippen molar-refractivity contribution in [3.05, 3.63) is 78.4 Å². The number of ether oxygens (including phenoxy) is 2. The fourth-order valence-corrected chi connectivity index (χ4v) is 3.12. The summed E-state index contributed by atoms with van der Waals surface area (Å²) in [5, 5.41) is 3.77. The van der Waals surface area contributed by atoms with E-state index in [0.717, 1.165) is 45.1 Å². The molecule has 0 saturated carbocycles. The number of aldehydes is 1. The monoisotopic (exact) mass is 328 g/mol. The molecule has 3 heteroatoms. The first-order chi connectivity index (χ1) is 12.3. The Hall–Kier alpha value is -3.33. The average Bonchev–Trinajstić information content (AvgIpc) is 2.68. The zero-order chi connectivity index (χ0) is 17.2. The summed E-state index contributed by atoms with van der Waals surface area (Å²) in [4.78, 5) is 11.3. The lowest BCUT2D eigenvalue weighted by Gasteiger charge is -2.13. The van der Waals surface area contributed by atoms with Crippen molar-refractivity contribution < 1.29 is 14.3 Å². The van der Waals surface area contributed by atoms with E-state index in [-0.39, 0.29) is 0 Å². The second-order valence-corrected chi connectivity index (χ2v) is 5.73. The van der Waals surface area contributed by atoms with E-state index in [1.54, 1.807) is 13.2 Å². The Morgan fingerprint density at radius 2 is 1.20 bits per heavy atom. The number of benzene rings is 4. The van der Waals surface area contributed by atoms with Crippen molar-refractivity contribution in [1.29, 1.82) is 0 Å². The number of hydrogen-bond acceptors (Lipinski definition) is 3. The first-order valence-electron chi connectivity index (χ1n) is 8.02. The SMILES string of the molecule is COc1cccc2c(Oc3ccc(C=O)c4ccccc34)cccc12. The highest BCUT2D eigenvalue weighted by Gasteiger charge is 2.10. The molecule has 4 rings (SSSR count). The fraction of sp³-hybridized carbons (Fsp3) is 0.0455. The highest BCUT2D eigenvalue weighted by molar-refractivity contribution is 6.01. The molecular formula is C22H16O3. The summed E-state index contributed by atoms with van der Waals surface area (Å²) in [5.41, 5.74) is 0.655. The number of carbonyl (C=O) groups excluding carboxylic acids is 1. The predicted octanol–water partition coefficient (Wildman–Crippen LogP) is 5.61. The van der Waals surface area contributed by atoms with Gasteiger partial charge >= 0.3 is 0 Å². The van der Waals surface area contributed by atoms with Gasteiger partial charge in [-0.15, -0.1) is 0 Å². The average molecular weight is 328 g/mol. The first-order valence-corrected chi connectivity index (χ1v) is 8.02. The second kappa shape index (κ2) is 6.29. The van der Waals surface area contributed by atoms with Crippen LogP contribution in [0.15, 0.2) is 72.8 Å². The van der Waals surface area contributed by atoms with Crippen molar-refractivity contribution in [2.45, 2.75) is 0 Å². The summed E-state index contributed by atoms with van der Waals surface area (Å²) in [7, 11) is 1.66. The summed E-state index contributed by atoms with van der Waals surface area (Å²) in [6.07, 6.45) is 0.870. The predicted molar refractivity (Wildman–Crippen MR) is 99.9 cm³/mol. The zero-order valence-electron chi connectivity index (χ0n) is 13.7. The number of methoxy groups -OCH3 is 1. The van der Waals surface area contributed by atoms with Gasteiger partial charge in [-0.25, -0.2) is 0 Å². The van der Waals surface area contributed by atoms with Gasteiger partial charge in [0, 0.05) is 21.7 Å². The Labute approximate surface area is 145 Å². The van der Waals surface area contributed by atoms with Crippen molar-refractivity contribution in [3.63, 3.8) is 0 Å². The van der Waals surface area contributed by atoms with E-state index in [1.165, 1.54) is 0 Å². The summed E-state index contributed by atoms with van der Waals surface area (Å²) in [6.45, 7) is 0. The molecule has 0 unspecified atom stereocenters. The Bertz CT molecular complexity index is 1080. The fourth-order valence-electron chi connectivity index (χ4n) is 3.12. The zero-order valence-corrected chi connectivity index (χ0v) is 13.7. The van der Waals surface area contributed by atoms with E-state index in [9.17, 15) is 4.79 Å². The maximum Gasteiger partial charge on any atom is 0.150 e. The van der Waals surface area contributed by atoms with Gasteiger partial charge in [-0.1, -0.05) is 48.5 Å². The normalized spacial score (nSPS) is 10.8. The van der Waals surface area contributed by atoms with Gasteiger partial charge in [0.05, 0.1) is 7.11 Å². The number of fused-ring (bicyclic) bond motifs is 2. The molecule has 4 aromatic carbocycles. The lowest BCUT2D eigenvalue weighted by atomic mass is 10.0. The van der Waals surface area contributed by atoms with Crippen LogP contribution in [0.4, 0.5) is 0 Å². The molecule has 3 nitrogen and oxygen atoms in total. The van der Waals surface area contributed by atoms with E-state index < -0.39 is 0 Å². The highest BCUT2D eigenvalue weighted by Crippen LogP contribution is 2.37. The highest BCUT2D eigenvalue weighted by atomic mass is 16.5. The van der Waals surface area contributed by atoms with E-state index in [0.29, 0.717) is 5.56 Å². The van der Waals surface area contributed by atoms with Gasteiger partial charge in [0.25, 0.3) is 0 Å². The summed E-state index contributed by atoms with van der Waals surface area (Å²) in [6, 6.07) is 23.2. The molecule has 0 saturated heterocycles. The second-order valence-electron chi connectivity index (χ2n) is 5.73. The van der Waals surface area contributed by atoms with E-state index in [1.807, 2.05) is 66.7 Å². The van der Waals surface area contributed by atoms with Crippen LogP contribution in [0.3, 0.4) is 0 Å². The van der Waals surface area contributed by atoms with Crippen LogP contribution >= 0.6 is 0 Å². The van der Waals surface area contributed by atoms with E-state index >= 15 is 0 Å². The van der Waals surface area contributed by atoms with Crippen molar-refractivity contribution in [1.82, 2.24) is 0 Å². The molecule has 0 N–H and O–H groups in total. The minimum Gasteiger partial charge on any atom is -0.496 e. The summed E-state index contributed by atoms with van der Waals surface area (Å²) >= 11 is 0. The standard InChI is InChI=1S/C22H16O3/c1-24-20-10-4-9-19-18(20)8-5-11-21(19)25-22-13-12-15(14-23)16-6-2-3-7-17(16)22/h2-14H,1H3. The van der Waals surface area contributed by atoms with Crippen molar-refractivity contribution in [2.24, 2.45) is 0 Å². The molecule has 122 valence electrons. The van der Waals surface area contributed by atoms with Crippen LogP contribution < -0.4 is 9.47 Å². The van der Waals surface area contributed by atoms with Gasteiger partial charge < -0.3 is 9.47 Å². The molecule has 0 aliphatic heterocycles. The van der Waals surface area contributed by atoms with Crippen molar-refractivity contribution in [2.75, 3.05) is 7.11 Å². The molecule has 0 bridgehead atoms. The summed E-state index contributed by atoms with van der Waals surface area (Å²) in [5.74, 6) is 2.28. The van der Waals surface area contributed by atoms with Crippen LogP contribution in [0.25, 0.3) is 21.5 Å². The lowest BCUT2D eigenvalue weighted by Crippen LogP contribution is -1.91. The number of hydrogen-bond donors (Lipinski definition) is 0. The number of rotatable bonds is 4. The molecule has 0 spiro atoms. The van der Waals surface area contributed by atoms with Crippen LogP contribution in [0, 0.1) is 0 Å². The smallest absolute Gasteiger partial charge is 0.150 e. The Kier molecular flexibility index (Phi) is 3.82. The van der Waals surface area contributed by atoms with Gasteiger partial charge in [-0.3, -0.25) is 4.79 Å². The molecule has 0 radical (unpaired) electrons. The van der Waals surface area contributed by atoms with Crippen LogP contribution in [0.1, 0.15) is 10.4 Å². The van der Waals surface area contributed by atoms with Crippen molar-refractivity contribution >= 4 is 27.8 Å². The maximum atomic E-state index is 11.3. The van der Waals surface area contributed by atoms with Crippen LogP contribution in [0.5, 0.6) is 17.2 Å². The molecule has 25 heavy (non-hydrogen) atoms.